The van der Waals surface area contributed by atoms with E-state index in [9.17, 15) is 0 Å². The number of hydrazone groups is 1. The maximum absolute atomic E-state index is 6.08. The lowest BCUT2D eigenvalue weighted by molar-refractivity contribution is -0.499. The zero-order chi connectivity index (χ0) is 20.5. The molecule has 5 nitrogen and oxygen atoms in total. The molecule has 29 heavy (non-hydrogen) atoms. The van der Waals surface area contributed by atoms with Crippen molar-refractivity contribution in [3.63, 3.8) is 0 Å². The molecule has 0 amide bonds. The van der Waals surface area contributed by atoms with Crippen LogP contribution in [0.4, 0.5) is 5.69 Å². The van der Waals surface area contributed by atoms with E-state index in [1.54, 1.807) is 13.3 Å². The molecule has 6 heteroatoms. The molecule has 0 spiro atoms. The van der Waals surface area contributed by atoms with Crippen LogP contribution in [0, 0.1) is 6.92 Å². The summed E-state index contributed by atoms with van der Waals surface area (Å²) in [6, 6.07) is 23.7. The van der Waals surface area contributed by atoms with Gasteiger partial charge in [-0.05, 0) is 49.0 Å². The summed E-state index contributed by atoms with van der Waals surface area (Å²) in [6.07, 6.45) is 1.78. The van der Waals surface area contributed by atoms with Gasteiger partial charge in [0.1, 0.15) is 6.61 Å². The number of hydrazine groups is 1. The van der Waals surface area contributed by atoms with Gasteiger partial charge in [0.25, 0.3) is 0 Å². The molecule has 0 bridgehead atoms. The number of benzene rings is 3. The molecule has 0 aliphatic heterocycles. The minimum absolute atomic E-state index is 0.449. The van der Waals surface area contributed by atoms with Gasteiger partial charge in [-0.3, -0.25) is 0 Å². The van der Waals surface area contributed by atoms with Crippen LogP contribution >= 0.6 is 12.2 Å². The van der Waals surface area contributed by atoms with Crippen LogP contribution in [-0.2, 0) is 6.61 Å². The summed E-state index contributed by atoms with van der Waals surface area (Å²) in [5.74, 6) is 1.32. The average molecular weight is 407 g/mol. The second-order valence-electron chi connectivity index (χ2n) is 6.39. The SMILES string of the molecule is COc1cccc(C=[NH+]NC(=S)Nc2ccccc2)c1OCc1cccc(C)c1. The Morgan fingerprint density at radius 2 is 1.83 bits per heavy atom. The topological polar surface area (TPSA) is 56.5 Å². The molecule has 0 saturated carbocycles. The molecule has 0 unspecified atom stereocenters. The van der Waals surface area contributed by atoms with Crippen molar-refractivity contribution in [3.05, 3.63) is 89.5 Å². The van der Waals surface area contributed by atoms with Gasteiger partial charge in [-0.25, -0.2) is 0 Å². The third-order valence-electron chi connectivity index (χ3n) is 4.14. The van der Waals surface area contributed by atoms with Gasteiger partial charge in [0.15, 0.2) is 11.5 Å². The third-order valence-corrected chi connectivity index (χ3v) is 4.34. The normalized spacial score (nSPS) is 10.6. The van der Waals surface area contributed by atoms with Gasteiger partial charge in [0.2, 0.25) is 11.3 Å². The fourth-order valence-electron chi connectivity index (χ4n) is 2.78. The lowest BCUT2D eigenvalue weighted by Crippen LogP contribution is -2.82. The highest BCUT2D eigenvalue weighted by atomic mass is 32.1. The monoisotopic (exact) mass is 406 g/mol. The molecule has 0 atom stereocenters. The van der Waals surface area contributed by atoms with E-state index in [-0.39, 0.29) is 0 Å². The number of nitrogens with one attached hydrogen (secondary N) is 3. The van der Waals surface area contributed by atoms with E-state index in [1.165, 1.54) is 5.56 Å². The Kier molecular flexibility index (Phi) is 7.19. The van der Waals surface area contributed by atoms with Crippen LogP contribution in [0.15, 0.2) is 72.8 Å². The van der Waals surface area contributed by atoms with Gasteiger partial charge in [0.05, 0.1) is 12.7 Å². The standard InChI is InChI=1S/C23H23N3O2S/c1-17-8-6-9-18(14-17)16-28-22-19(10-7-13-21(22)27-2)15-24-26-23(29)25-20-11-4-3-5-12-20/h3-15H,16H2,1-2H3,(H2,25,26,29)/p+1. The first-order valence-corrected chi connectivity index (χ1v) is 9.62. The van der Waals surface area contributed by atoms with E-state index in [4.69, 9.17) is 21.7 Å². The number of methoxy groups -OCH3 is 1. The Balaban J connectivity index is 1.68. The lowest BCUT2D eigenvalue weighted by atomic mass is 10.1. The summed E-state index contributed by atoms with van der Waals surface area (Å²) < 4.78 is 11.6. The van der Waals surface area contributed by atoms with Gasteiger partial charge in [0, 0.05) is 5.69 Å². The minimum Gasteiger partial charge on any atom is -0.493 e. The molecule has 0 saturated heterocycles. The van der Waals surface area contributed by atoms with Crippen LogP contribution < -0.4 is 25.3 Å². The highest BCUT2D eigenvalue weighted by Crippen LogP contribution is 2.30. The van der Waals surface area contributed by atoms with Crippen molar-refractivity contribution >= 4 is 29.2 Å². The Bertz CT molecular complexity index is 990. The highest BCUT2D eigenvalue weighted by molar-refractivity contribution is 7.80. The zero-order valence-electron chi connectivity index (χ0n) is 16.4. The van der Waals surface area contributed by atoms with Gasteiger partial charge < -0.3 is 14.8 Å². The lowest BCUT2D eigenvalue weighted by Gasteiger charge is -2.12. The minimum atomic E-state index is 0.449. The summed E-state index contributed by atoms with van der Waals surface area (Å²) in [4.78, 5) is 0. The smallest absolute Gasteiger partial charge is 0.228 e. The van der Waals surface area contributed by atoms with E-state index >= 15 is 0 Å². The van der Waals surface area contributed by atoms with Crippen LogP contribution in [0.25, 0.3) is 0 Å². The van der Waals surface area contributed by atoms with Gasteiger partial charge in [-0.2, -0.15) is 0 Å². The molecule has 3 N–H and O–H groups in total. The van der Waals surface area contributed by atoms with Crippen molar-refractivity contribution in [1.82, 2.24) is 5.43 Å². The number of aryl methyl sites for hydroxylation is 1. The quantitative estimate of drug-likeness (QED) is 0.320. The summed E-state index contributed by atoms with van der Waals surface area (Å²) in [7, 11) is 1.63. The molecule has 148 valence electrons. The number of rotatable bonds is 7. The Morgan fingerprint density at radius 3 is 2.59 bits per heavy atom. The van der Waals surface area contributed by atoms with E-state index in [2.05, 4.69) is 34.9 Å². The van der Waals surface area contributed by atoms with Crippen LogP contribution in [0.1, 0.15) is 16.7 Å². The zero-order valence-corrected chi connectivity index (χ0v) is 17.3. The van der Waals surface area contributed by atoms with E-state index in [1.807, 2.05) is 60.7 Å². The first kappa shape index (κ1) is 20.4. The van der Waals surface area contributed by atoms with Gasteiger partial charge in [-0.15, -0.1) is 10.5 Å². The van der Waals surface area contributed by atoms with Crippen molar-refractivity contribution in [1.29, 1.82) is 0 Å². The van der Waals surface area contributed by atoms with Crippen LogP contribution in [-0.4, -0.2) is 18.4 Å². The number of hydrogen-bond acceptors (Lipinski definition) is 3. The van der Waals surface area contributed by atoms with Crippen molar-refractivity contribution in [2.24, 2.45) is 0 Å². The summed E-state index contributed by atoms with van der Waals surface area (Å²) in [5, 5.41) is 6.56. The predicted molar refractivity (Wildman–Crippen MR) is 120 cm³/mol. The highest BCUT2D eigenvalue weighted by Gasteiger charge is 2.12. The Morgan fingerprint density at radius 1 is 1.03 bits per heavy atom. The number of thiocarbonyl (C=S) groups is 1. The summed E-state index contributed by atoms with van der Waals surface area (Å²) >= 11 is 5.30. The summed E-state index contributed by atoms with van der Waals surface area (Å²) in [6.45, 7) is 2.51. The average Bonchev–Trinajstić information content (AvgIpc) is 2.73. The van der Waals surface area contributed by atoms with E-state index < -0.39 is 0 Å². The Labute approximate surface area is 176 Å². The predicted octanol–water partition coefficient (Wildman–Crippen LogP) is 2.98. The van der Waals surface area contributed by atoms with Crippen molar-refractivity contribution < 1.29 is 14.6 Å². The maximum Gasteiger partial charge on any atom is 0.228 e. The number of ether oxygens (including phenoxy) is 2. The first-order valence-electron chi connectivity index (χ1n) is 9.22. The van der Waals surface area contributed by atoms with Gasteiger partial charge >= 0.3 is 0 Å². The molecule has 0 heterocycles. The molecule has 0 aliphatic rings. The largest absolute Gasteiger partial charge is 0.493 e. The van der Waals surface area contributed by atoms with Crippen molar-refractivity contribution in [3.8, 4) is 11.5 Å². The Hall–Kier alpha value is -3.38. The second kappa shape index (κ2) is 10.2. The van der Waals surface area contributed by atoms with Crippen molar-refractivity contribution in [2.45, 2.75) is 13.5 Å². The van der Waals surface area contributed by atoms with E-state index in [0.29, 0.717) is 23.2 Å². The van der Waals surface area contributed by atoms with E-state index in [0.717, 1.165) is 16.8 Å². The fraction of sp³-hybridized carbons (Fsp3) is 0.130. The second-order valence-corrected chi connectivity index (χ2v) is 6.80. The third kappa shape index (κ3) is 6.05. The van der Waals surface area contributed by atoms with Crippen LogP contribution in [0.3, 0.4) is 0 Å². The number of para-hydroxylation sites is 2. The molecule has 3 rings (SSSR count). The molecule has 0 fully saturated rings. The molecular formula is C23H24N3O2S+. The van der Waals surface area contributed by atoms with Crippen LogP contribution in [0.5, 0.6) is 11.5 Å². The number of hydrogen-bond donors (Lipinski definition) is 3. The fourth-order valence-corrected chi connectivity index (χ4v) is 2.96. The first-order chi connectivity index (χ1) is 14.2. The maximum atomic E-state index is 6.08. The van der Waals surface area contributed by atoms with Crippen molar-refractivity contribution in [2.75, 3.05) is 12.4 Å². The van der Waals surface area contributed by atoms with Gasteiger partial charge in [-0.1, -0.05) is 54.1 Å². The molecule has 3 aromatic rings. The molecule has 0 aliphatic carbocycles. The molecular weight excluding hydrogens is 382 g/mol. The molecule has 3 aromatic carbocycles. The molecule has 0 radical (unpaired) electrons. The molecule has 0 aromatic heterocycles. The summed E-state index contributed by atoms with van der Waals surface area (Å²) in [5.41, 5.74) is 6.99. The van der Waals surface area contributed by atoms with Crippen LogP contribution in [0.2, 0.25) is 0 Å². The number of anilines is 1.